The summed E-state index contributed by atoms with van der Waals surface area (Å²) in [5.41, 5.74) is 2.19. The zero-order valence-electron chi connectivity index (χ0n) is 10.5. The first-order valence-corrected chi connectivity index (χ1v) is 5.81. The largest absolute Gasteiger partial charge is 0.459 e. The molecule has 2 aromatic rings. The first-order valence-electron chi connectivity index (χ1n) is 5.81. The highest BCUT2D eigenvalue weighted by Crippen LogP contribution is 2.26. The van der Waals surface area contributed by atoms with Crippen molar-refractivity contribution < 1.29 is 4.42 Å². The van der Waals surface area contributed by atoms with Crippen LogP contribution in [0.4, 0.5) is 0 Å². The highest BCUT2D eigenvalue weighted by Gasteiger charge is 2.13. The molecule has 1 heterocycles. The lowest BCUT2D eigenvalue weighted by atomic mass is 10.1. The van der Waals surface area contributed by atoms with Gasteiger partial charge in [-0.15, -0.1) is 11.8 Å². The molecule has 0 saturated carbocycles. The first-order chi connectivity index (χ1) is 8.24. The quantitative estimate of drug-likeness (QED) is 0.813. The topological polar surface area (TPSA) is 25.2 Å². The van der Waals surface area contributed by atoms with Gasteiger partial charge in [0.15, 0.2) is 0 Å². The van der Waals surface area contributed by atoms with Crippen LogP contribution in [0.3, 0.4) is 0 Å². The van der Waals surface area contributed by atoms with Crippen LogP contribution in [-0.2, 0) is 0 Å². The Balaban J connectivity index is 2.36. The van der Waals surface area contributed by atoms with Crippen molar-refractivity contribution in [2.45, 2.75) is 26.3 Å². The monoisotopic (exact) mass is 227 g/mol. The predicted molar refractivity (Wildman–Crippen MR) is 70.8 cm³/mol. The number of rotatable bonds is 3. The summed E-state index contributed by atoms with van der Waals surface area (Å²) in [6.07, 6.45) is 0.770. The molecule has 0 aliphatic carbocycles. The molecule has 0 fully saturated rings. The fourth-order valence-electron chi connectivity index (χ4n) is 1.90. The molecular weight excluding hydrogens is 210 g/mol. The molecule has 88 valence electrons. The first kappa shape index (κ1) is 11.8. The number of benzene rings is 1. The van der Waals surface area contributed by atoms with Crippen molar-refractivity contribution in [3.63, 3.8) is 0 Å². The molecule has 0 spiro atoms. The van der Waals surface area contributed by atoms with Crippen LogP contribution in [0.15, 0.2) is 28.7 Å². The maximum Gasteiger partial charge on any atom is 0.134 e. The lowest BCUT2D eigenvalue weighted by molar-refractivity contribution is 0.458. The van der Waals surface area contributed by atoms with Crippen LogP contribution >= 0.6 is 0 Å². The molecule has 0 aliphatic heterocycles. The molecule has 17 heavy (non-hydrogen) atoms. The van der Waals surface area contributed by atoms with Gasteiger partial charge in [-0.1, -0.05) is 11.6 Å². The summed E-state index contributed by atoms with van der Waals surface area (Å²) < 4.78 is 5.84. The van der Waals surface area contributed by atoms with E-state index in [1.54, 1.807) is 0 Å². The van der Waals surface area contributed by atoms with Gasteiger partial charge in [-0.25, -0.2) is 0 Å². The van der Waals surface area contributed by atoms with Gasteiger partial charge >= 0.3 is 0 Å². The van der Waals surface area contributed by atoms with Crippen LogP contribution in [0.1, 0.15) is 30.7 Å². The number of nitrogens with one attached hydrogen (secondary N) is 1. The third-order valence-corrected chi connectivity index (χ3v) is 2.87. The van der Waals surface area contributed by atoms with E-state index in [1.807, 2.05) is 20.0 Å². The Bertz CT molecular complexity index is 571. The van der Waals surface area contributed by atoms with E-state index in [0.29, 0.717) is 0 Å². The second-order valence-corrected chi connectivity index (χ2v) is 4.16. The second-order valence-electron chi connectivity index (χ2n) is 4.16. The molecule has 0 radical (unpaired) electrons. The number of hydrogen-bond acceptors (Lipinski definition) is 2. The molecule has 0 amide bonds. The van der Waals surface area contributed by atoms with E-state index < -0.39 is 0 Å². The molecule has 1 aromatic carbocycles. The maximum absolute atomic E-state index is 5.84. The summed E-state index contributed by atoms with van der Waals surface area (Å²) in [4.78, 5) is 0. The van der Waals surface area contributed by atoms with E-state index in [1.165, 1.54) is 5.56 Å². The molecule has 2 nitrogen and oxygen atoms in total. The van der Waals surface area contributed by atoms with Crippen LogP contribution in [0.25, 0.3) is 11.0 Å². The minimum atomic E-state index is 0.162. The summed E-state index contributed by atoms with van der Waals surface area (Å²) in [5.74, 6) is 6.95. The molecule has 2 rings (SSSR count). The van der Waals surface area contributed by atoms with Gasteiger partial charge in [0.2, 0.25) is 0 Å². The average Bonchev–Trinajstić information content (AvgIpc) is 2.72. The van der Waals surface area contributed by atoms with Crippen molar-refractivity contribution >= 4 is 11.0 Å². The summed E-state index contributed by atoms with van der Waals surface area (Å²) in [6, 6.07) is 8.49. The Kier molecular flexibility index (Phi) is 3.51. The molecule has 1 unspecified atom stereocenters. The Morgan fingerprint density at radius 2 is 2.18 bits per heavy atom. The van der Waals surface area contributed by atoms with Crippen molar-refractivity contribution in [2.24, 2.45) is 0 Å². The van der Waals surface area contributed by atoms with Crippen LogP contribution in [0.5, 0.6) is 0 Å². The van der Waals surface area contributed by atoms with Gasteiger partial charge in [0.1, 0.15) is 11.3 Å². The predicted octanol–water partition coefficient (Wildman–Crippen LogP) is 3.42. The van der Waals surface area contributed by atoms with E-state index >= 15 is 0 Å². The lowest BCUT2D eigenvalue weighted by Gasteiger charge is -2.08. The minimum Gasteiger partial charge on any atom is -0.459 e. The summed E-state index contributed by atoms with van der Waals surface area (Å²) in [5, 5.41) is 4.39. The highest BCUT2D eigenvalue weighted by molar-refractivity contribution is 5.78. The van der Waals surface area contributed by atoms with Gasteiger partial charge in [-0.2, -0.15) is 0 Å². The third kappa shape index (κ3) is 2.51. The highest BCUT2D eigenvalue weighted by atomic mass is 16.3. The number of fused-ring (bicyclic) bond motifs is 1. The summed E-state index contributed by atoms with van der Waals surface area (Å²) in [6.45, 7) is 3.94. The van der Waals surface area contributed by atoms with Gasteiger partial charge in [-0.05, 0) is 39.1 Å². The van der Waals surface area contributed by atoms with Crippen molar-refractivity contribution in [3.05, 3.63) is 35.6 Å². The standard InChI is InChI=1S/C15H17NO/c1-4-5-6-13(16-3)15-10-12-9-11(2)7-8-14(12)17-15/h7-10,13,16H,6H2,1-3H3. The van der Waals surface area contributed by atoms with Crippen molar-refractivity contribution in [1.82, 2.24) is 5.32 Å². The number of aryl methyl sites for hydroxylation is 1. The molecule has 1 aromatic heterocycles. The van der Waals surface area contributed by atoms with Crippen LogP contribution in [0.2, 0.25) is 0 Å². The third-order valence-electron chi connectivity index (χ3n) is 2.87. The zero-order chi connectivity index (χ0) is 12.3. The Hall–Kier alpha value is -1.72. The normalized spacial score (nSPS) is 12.2. The molecular formula is C15H17NO. The maximum atomic E-state index is 5.84. The average molecular weight is 227 g/mol. The van der Waals surface area contributed by atoms with Gasteiger partial charge in [0.05, 0.1) is 6.04 Å². The Labute approximate surface area is 102 Å². The molecule has 1 N–H and O–H groups in total. The van der Waals surface area contributed by atoms with Crippen molar-refractivity contribution in [3.8, 4) is 11.8 Å². The SMILES string of the molecule is CC#CCC(NC)c1cc2cc(C)ccc2o1. The minimum absolute atomic E-state index is 0.162. The Morgan fingerprint density at radius 3 is 2.88 bits per heavy atom. The van der Waals surface area contributed by atoms with E-state index in [4.69, 9.17) is 4.42 Å². The fraction of sp³-hybridized carbons (Fsp3) is 0.333. The van der Waals surface area contributed by atoms with Crippen LogP contribution in [0, 0.1) is 18.8 Å². The van der Waals surface area contributed by atoms with Crippen LogP contribution < -0.4 is 5.32 Å². The van der Waals surface area contributed by atoms with Crippen molar-refractivity contribution in [2.75, 3.05) is 7.05 Å². The fourth-order valence-corrected chi connectivity index (χ4v) is 1.90. The molecule has 0 saturated heterocycles. The number of furan rings is 1. The van der Waals surface area contributed by atoms with E-state index in [9.17, 15) is 0 Å². The van der Waals surface area contributed by atoms with Gasteiger partial charge < -0.3 is 9.73 Å². The smallest absolute Gasteiger partial charge is 0.134 e. The van der Waals surface area contributed by atoms with Gasteiger partial charge in [-0.3, -0.25) is 0 Å². The van der Waals surface area contributed by atoms with E-state index in [2.05, 4.69) is 42.3 Å². The van der Waals surface area contributed by atoms with Gasteiger partial charge in [0.25, 0.3) is 0 Å². The lowest BCUT2D eigenvalue weighted by Crippen LogP contribution is -2.14. The van der Waals surface area contributed by atoms with Crippen LogP contribution in [-0.4, -0.2) is 7.05 Å². The molecule has 1 atom stereocenters. The summed E-state index contributed by atoms with van der Waals surface area (Å²) >= 11 is 0. The van der Waals surface area contributed by atoms with E-state index in [0.717, 1.165) is 23.2 Å². The Morgan fingerprint density at radius 1 is 1.35 bits per heavy atom. The summed E-state index contributed by atoms with van der Waals surface area (Å²) in [7, 11) is 1.93. The second kappa shape index (κ2) is 5.07. The van der Waals surface area contributed by atoms with Crippen molar-refractivity contribution in [1.29, 1.82) is 0 Å². The molecule has 0 bridgehead atoms. The van der Waals surface area contributed by atoms with E-state index in [-0.39, 0.29) is 6.04 Å². The van der Waals surface area contributed by atoms with Gasteiger partial charge in [0, 0.05) is 11.8 Å². The number of hydrogen-bond donors (Lipinski definition) is 1. The molecule has 2 heteroatoms. The zero-order valence-corrected chi connectivity index (χ0v) is 10.5. The molecule has 0 aliphatic rings.